The SMILES string of the molecule is CCc1nnn(CCN)n1. The lowest BCUT2D eigenvalue weighted by Crippen LogP contribution is -2.12. The highest BCUT2D eigenvalue weighted by Crippen LogP contribution is 1.85. The summed E-state index contributed by atoms with van der Waals surface area (Å²) in [6, 6.07) is 0. The molecule has 1 heterocycles. The Morgan fingerprint density at radius 2 is 2.40 bits per heavy atom. The molecule has 5 nitrogen and oxygen atoms in total. The van der Waals surface area contributed by atoms with Crippen LogP contribution in [0.15, 0.2) is 0 Å². The van der Waals surface area contributed by atoms with E-state index in [0.717, 1.165) is 12.2 Å². The second kappa shape index (κ2) is 3.26. The fourth-order valence-electron chi connectivity index (χ4n) is 0.628. The number of tetrazole rings is 1. The normalized spacial score (nSPS) is 10.2. The summed E-state index contributed by atoms with van der Waals surface area (Å²) in [4.78, 5) is 1.51. The van der Waals surface area contributed by atoms with E-state index in [2.05, 4.69) is 15.4 Å². The molecule has 0 amide bonds. The maximum absolute atomic E-state index is 5.28. The summed E-state index contributed by atoms with van der Waals surface area (Å²) in [7, 11) is 0. The summed E-state index contributed by atoms with van der Waals surface area (Å²) >= 11 is 0. The Bertz CT molecular complexity index is 194. The van der Waals surface area contributed by atoms with Gasteiger partial charge in [-0.3, -0.25) is 0 Å². The van der Waals surface area contributed by atoms with Gasteiger partial charge in [0.05, 0.1) is 6.54 Å². The topological polar surface area (TPSA) is 69.6 Å². The lowest BCUT2D eigenvalue weighted by Gasteiger charge is -1.90. The van der Waals surface area contributed by atoms with Crippen molar-refractivity contribution in [2.45, 2.75) is 19.9 Å². The zero-order valence-corrected chi connectivity index (χ0v) is 5.99. The van der Waals surface area contributed by atoms with Crippen LogP contribution in [-0.4, -0.2) is 26.8 Å². The summed E-state index contributed by atoms with van der Waals surface area (Å²) in [5, 5.41) is 11.6. The number of rotatable bonds is 3. The second-order valence-corrected chi connectivity index (χ2v) is 1.94. The minimum absolute atomic E-state index is 0.555. The lowest BCUT2D eigenvalue weighted by molar-refractivity contribution is 0.529. The van der Waals surface area contributed by atoms with Gasteiger partial charge < -0.3 is 5.73 Å². The van der Waals surface area contributed by atoms with Crippen LogP contribution in [0.4, 0.5) is 0 Å². The van der Waals surface area contributed by atoms with E-state index in [1.165, 1.54) is 4.80 Å². The Labute approximate surface area is 59.2 Å². The molecular weight excluding hydrogens is 130 g/mol. The van der Waals surface area contributed by atoms with Crippen molar-refractivity contribution >= 4 is 0 Å². The highest BCUT2D eigenvalue weighted by Gasteiger charge is 1.96. The zero-order valence-electron chi connectivity index (χ0n) is 5.99. The van der Waals surface area contributed by atoms with Crippen molar-refractivity contribution in [1.29, 1.82) is 0 Å². The van der Waals surface area contributed by atoms with Crippen LogP contribution in [0.5, 0.6) is 0 Å². The van der Waals surface area contributed by atoms with E-state index in [4.69, 9.17) is 5.73 Å². The van der Waals surface area contributed by atoms with Gasteiger partial charge in [-0.1, -0.05) is 6.92 Å². The Morgan fingerprint density at radius 3 is 2.90 bits per heavy atom. The smallest absolute Gasteiger partial charge is 0.174 e. The first kappa shape index (κ1) is 7.14. The van der Waals surface area contributed by atoms with Crippen LogP contribution in [0.2, 0.25) is 0 Å². The van der Waals surface area contributed by atoms with E-state index in [0.29, 0.717) is 13.1 Å². The van der Waals surface area contributed by atoms with Gasteiger partial charge in [-0.05, 0) is 5.21 Å². The van der Waals surface area contributed by atoms with Gasteiger partial charge in [0.1, 0.15) is 0 Å². The third kappa shape index (κ3) is 1.51. The van der Waals surface area contributed by atoms with Gasteiger partial charge >= 0.3 is 0 Å². The summed E-state index contributed by atoms with van der Waals surface area (Å²) in [5.41, 5.74) is 5.28. The van der Waals surface area contributed by atoms with E-state index in [9.17, 15) is 0 Å². The van der Waals surface area contributed by atoms with Crippen molar-refractivity contribution in [3.05, 3.63) is 5.82 Å². The Morgan fingerprint density at radius 1 is 1.60 bits per heavy atom. The van der Waals surface area contributed by atoms with Crippen molar-refractivity contribution in [1.82, 2.24) is 20.2 Å². The van der Waals surface area contributed by atoms with E-state index in [1.54, 1.807) is 0 Å². The lowest BCUT2D eigenvalue weighted by atomic mass is 10.5. The summed E-state index contributed by atoms with van der Waals surface area (Å²) < 4.78 is 0. The van der Waals surface area contributed by atoms with E-state index < -0.39 is 0 Å². The summed E-state index contributed by atoms with van der Waals surface area (Å²) in [6.45, 7) is 3.19. The molecule has 10 heavy (non-hydrogen) atoms. The molecule has 2 N–H and O–H groups in total. The monoisotopic (exact) mass is 141 g/mol. The fourth-order valence-corrected chi connectivity index (χ4v) is 0.628. The molecule has 0 saturated carbocycles. The van der Waals surface area contributed by atoms with Crippen molar-refractivity contribution in [2.24, 2.45) is 5.73 Å². The minimum Gasteiger partial charge on any atom is -0.329 e. The number of hydrogen-bond donors (Lipinski definition) is 1. The quantitative estimate of drug-likeness (QED) is 0.598. The molecule has 0 bridgehead atoms. The van der Waals surface area contributed by atoms with Crippen LogP contribution in [-0.2, 0) is 13.0 Å². The molecule has 0 aromatic carbocycles. The molecular formula is C5H11N5. The predicted molar refractivity (Wildman–Crippen MR) is 36.2 cm³/mol. The number of hydrogen-bond acceptors (Lipinski definition) is 4. The summed E-state index contributed by atoms with van der Waals surface area (Å²) in [5.74, 6) is 0.772. The van der Waals surface area contributed by atoms with Crippen LogP contribution < -0.4 is 5.73 Å². The summed E-state index contributed by atoms with van der Waals surface area (Å²) in [6.07, 6.45) is 0.824. The Balaban J connectivity index is 2.59. The molecule has 5 heteroatoms. The minimum atomic E-state index is 0.555. The zero-order chi connectivity index (χ0) is 7.40. The molecule has 0 aliphatic carbocycles. The molecule has 0 aliphatic rings. The largest absolute Gasteiger partial charge is 0.329 e. The highest BCUT2D eigenvalue weighted by atomic mass is 15.6. The average molecular weight is 141 g/mol. The van der Waals surface area contributed by atoms with E-state index >= 15 is 0 Å². The molecule has 0 aliphatic heterocycles. The third-order valence-corrected chi connectivity index (χ3v) is 1.14. The molecule has 0 fully saturated rings. The van der Waals surface area contributed by atoms with E-state index in [1.807, 2.05) is 6.92 Å². The van der Waals surface area contributed by atoms with Crippen molar-refractivity contribution in [2.75, 3.05) is 6.54 Å². The van der Waals surface area contributed by atoms with E-state index in [-0.39, 0.29) is 0 Å². The van der Waals surface area contributed by atoms with Gasteiger partial charge in [0.2, 0.25) is 0 Å². The predicted octanol–water partition coefficient (Wildman–Crippen LogP) is -0.806. The highest BCUT2D eigenvalue weighted by molar-refractivity contribution is 4.73. The molecule has 1 rings (SSSR count). The van der Waals surface area contributed by atoms with Gasteiger partial charge in [0, 0.05) is 13.0 Å². The number of nitrogens with two attached hydrogens (primary N) is 1. The van der Waals surface area contributed by atoms with Gasteiger partial charge in [-0.2, -0.15) is 4.80 Å². The first-order valence-electron chi connectivity index (χ1n) is 3.33. The molecule has 0 spiro atoms. The van der Waals surface area contributed by atoms with Crippen molar-refractivity contribution in [3.8, 4) is 0 Å². The number of aryl methyl sites for hydroxylation is 1. The van der Waals surface area contributed by atoms with Gasteiger partial charge in [-0.15, -0.1) is 10.2 Å². The number of aromatic nitrogens is 4. The molecule has 0 unspecified atom stereocenters. The van der Waals surface area contributed by atoms with Crippen LogP contribution in [0.25, 0.3) is 0 Å². The molecule has 1 aromatic heterocycles. The van der Waals surface area contributed by atoms with Crippen molar-refractivity contribution < 1.29 is 0 Å². The first-order chi connectivity index (χ1) is 4.86. The first-order valence-corrected chi connectivity index (χ1v) is 3.33. The molecule has 56 valence electrons. The standard InChI is InChI=1S/C5H11N5/c1-2-5-7-9-10(8-5)4-3-6/h2-4,6H2,1H3. The molecule has 0 radical (unpaired) electrons. The Hall–Kier alpha value is -0.970. The Kier molecular flexibility index (Phi) is 2.33. The maximum Gasteiger partial charge on any atom is 0.174 e. The fraction of sp³-hybridized carbons (Fsp3) is 0.800. The van der Waals surface area contributed by atoms with Crippen LogP contribution in [0.1, 0.15) is 12.7 Å². The van der Waals surface area contributed by atoms with Crippen molar-refractivity contribution in [3.63, 3.8) is 0 Å². The van der Waals surface area contributed by atoms with Crippen LogP contribution >= 0.6 is 0 Å². The van der Waals surface area contributed by atoms with Gasteiger partial charge in [0.25, 0.3) is 0 Å². The van der Waals surface area contributed by atoms with Gasteiger partial charge in [0.15, 0.2) is 5.82 Å². The molecule has 0 saturated heterocycles. The van der Waals surface area contributed by atoms with Crippen LogP contribution in [0.3, 0.4) is 0 Å². The average Bonchev–Trinajstić information content (AvgIpc) is 2.37. The third-order valence-electron chi connectivity index (χ3n) is 1.14. The number of nitrogens with zero attached hydrogens (tertiary/aromatic N) is 4. The maximum atomic E-state index is 5.28. The van der Waals surface area contributed by atoms with Gasteiger partial charge in [-0.25, -0.2) is 0 Å². The second-order valence-electron chi connectivity index (χ2n) is 1.94. The molecule has 0 atom stereocenters. The van der Waals surface area contributed by atoms with Crippen LogP contribution in [0, 0.1) is 0 Å². The molecule has 1 aromatic rings.